The van der Waals surface area contributed by atoms with Gasteiger partial charge in [-0.25, -0.2) is 14.7 Å². The van der Waals surface area contributed by atoms with Gasteiger partial charge in [-0.05, 0) is 61.2 Å². The number of hydrogen-bond donors (Lipinski definition) is 1. The van der Waals surface area contributed by atoms with E-state index in [4.69, 9.17) is 0 Å². The van der Waals surface area contributed by atoms with E-state index in [9.17, 15) is 22.8 Å². The van der Waals surface area contributed by atoms with Gasteiger partial charge in [-0.15, -0.1) is 13.2 Å². The van der Waals surface area contributed by atoms with Crippen LogP contribution in [0.5, 0.6) is 5.75 Å². The van der Waals surface area contributed by atoms with Crippen LogP contribution in [0.2, 0.25) is 0 Å². The molecule has 0 bridgehead atoms. The summed E-state index contributed by atoms with van der Waals surface area (Å²) in [5.41, 5.74) is 1.04. The van der Waals surface area contributed by atoms with Crippen molar-refractivity contribution in [2.24, 2.45) is 0 Å². The van der Waals surface area contributed by atoms with Crippen molar-refractivity contribution in [2.45, 2.75) is 44.5 Å². The van der Waals surface area contributed by atoms with Gasteiger partial charge in [0.1, 0.15) is 17.6 Å². The lowest BCUT2D eigenvalue weighted by atomic mass is 9.93. The molecule has 2 unspecified atom stereocenters. The molecule has 2 fully saturated rings. The Kier molecular flexibility index (Phi) is 5.94. The normalized spacial score (nSPS) is 20.3. The maximum atomic E-state index is 13.0. The van der Waals surface area contributed by atoms with Crippen molar-refractivity contribution >= 4 is 23.4 Å². The molecule has 2 saturated heterocycles. The Morgan fingerprint density at radius 2 is 1.78 bits per heavy atom. The number of ether oxygens (including phenoxy) is 1. The topological polar surface area (TPSA) is 74.8 Å². The highest BCUT2D eigenvalue weighted by atomic mass is 19.4. The molecular weight excluding hydrogens is 425 g/mol. The number of imide groups is 1. The molecule has 4 rings (SSSR count). The highest BCUT2D eigenvalue weighted by Gasteiger charge is 2.42. The third-order valence-electron chi connectivity index (χ3n) is 5.77. The molecule has 0 saturated carbocycles. The van der Waals surface area contributed by atoms with Gasteiger partial charge < -0.3 is 15.0 Å². The molecule has 1 N–H and O–H groups in total. The Balaban J connectivity index is 1.50. The average Bonchev–Trinajstić information content (AvgIpc) is 3.07. The summed E-state index contributed by atoms with van der Waals surface area (Å²) in [4.78, 5) is 33.2. The van der Waals surface area contributed by atoms with Crippen molar-refractivity contribution < 1.29 is 27.5 Å². The van der Waals surface area contributed by atoms with Gasteiger partial charge in [0.15, 0.2) is 0 Å². The van der Waals surface area contributed by atoms with E-state index in [0.29, 0.717) is 0 Å². The van der Waals surface area contributed by atoms with E-state index in [2.05, 4.69) is 19.9 Å². The minimum absolute atomic E-state index is 0.167. The van der Waals surface area contributed by atoms with E-state index in [0.717, 1.165) is 54.3 Å². The highest BCUT2D eigenvalue weighted by Crippen LogP contribution is 2.31. The predicted octanol–water partition coefficient (Wildman–Crippen LogP) is 4.20. The number of carbonyl (C=O) groups is 2. The Morgan fingerprint density at radius 1 is 1.09 bits per heavy atom. The number of halogens is 3. The van der Waals surface area contributed by atoms with E-state index in [-0.39, 0.29) is 11.6 Å². The van der Waals surface area contributed by atoms with Crippen LogP contribution in [0.15, 0.2) is 42.6 Å². The number of alkyl halides is 3. The van der Waals surface area contributed by atoms with Gasteiger partial charge in [0.05, 0.1) is 5.69 Å². The lowest BCUT2D eigenvalue weighted by Gasteiger charge is -2.28. The highest BCUT2D eigenvalue weighted by molar-refractivity contribution is 6.21. The number of nitrogens with one attached hydrogen (secondary N) is 1. The number of anilines is 2. The van der Waals surface area contributed by atoms with E-state index in [1.54, 1.807) is 6.20 Å². The second-order valence-electron chi connectivity index (χ2n) is 7.93. The van der Waals surface area contributed by atoms with Gasteiger partial charge in [-0.2, -0.15) is 0 Å². The lowest BCUT2D eigenvalue weighted by Crippen LogP contribution is -2.35. The number of aromatic nitrogens is 1. The third-order valence-corrected chi connectivity index (χ3v) is 5.77. The fourth-order valence-electron chi connectivity index (χ4n) is 4.08. The number of benzene rings is 1. The first-order valence-electron chi connectivity index (χ1n) is 10.4. The van der Waals surface area contributed by atoms with Crippen molar-refractivity contribution in [3.05, 3.63) is 48.2 Å². The van der Waals surface area contributed by atoms with Crippen molar-refractivity contribution in [1.29, 1.82) is 0 Å². The molecule has 170 valence electrons. The van der Waals surface area contributed by atoms with Crippen LogP contribution < -0.4 is 19.9 Å². The smallest absolute Gasteiger partial charge is 0.406 e. The number of carbonyl (C=O) groups excluding carboxylic acids is 2. The van der Waals surface area contributed by atoms with Crippen LogP contribution in [0.4, 0.5) is 29.5 Å². The van der Waals surface area contributed by atoms with Gasteiger partial charge >= 0.3 is 12.4 Å². The van der Waals surface area contributed by atoms with Gasteiger partial charge in [0.2, 0.25) is 0 Å². The molecule has 32 heavy (non-hydrogen) atoms. The van der Waals surface area contributed by atoms with Crippen molar-refractivity contribution in [3.63, 3.8) is 0 Å². The molecule has 2 aromatic rings. The molecule has 0 spiro atoms. The molecule has 2 aliphatic heterocycles. The Morgan fingerprint density at radius 3 is 2.44 bits per heavy atom. The van der Waals surface area contributed by atoms with Crippen LogP contribution in [0, 0.1) is 0 Å². The Labute approximate surface area is 183 Å². The maximum Gasteiger partial charge on any atom is 0.573 e. The molecule has 1 aromatic carbocycles. The summed E-state index contributed by atoms with van der Waals surface area (Å²) in [6, 6.07) is 6.96. The van der Waals surface area contributed by atoms with Crippen LogP contribution in [0.1, 0.15) is 37.7 Å². The number of rotatable bonds is 5. The van der Waals surface area contributed by atoms with Gasteiger partial charge in [0.25, 0.3) is 5.91 Å². The summed E-state index contributed by atoms with van der Waals surface area (Å²) in [5.74, 6) is -0.373. The van der Waals surface area contributed by atoms with Gasteiger partial charge in [-0.1, -0.05) is 6.92 Å². The SMILES string of the molecule is CC(c1ccnc(N2CCCCC2)c1)C1NC(=O)N(c2ccc(OC(F)(F)F)cc2)C1=O. The first-order valence-corrected chi connectivity index (χ1v) is 10.4. The quantitative estimate of drug-likeness (QED) is 0.694. The van der Waals surface area contributed by atoms with Gasteiger partial charge in [-0.3, -0.25) is 4.79 Å². The lowest BCUT2D eigenvalue weighted by molar-refractivity contribution is -0.274. The van der Waals surface area contributed by atoms with Crippen molar-refractivity contribution in [1.82, 2.24) is 10.3 Å². The summed E-state index contributed by atoms with van der Waals surface area (Å²) in [5, 5.41) is 2.69. The second-order valence-corrected chi connectivity index (χ2v) is 7.93. The Bertz CT molecular complexity index is 991. The molecule has 10 heteroatoms. The number of amides is 3. The van der Waals surface area contributed by atoms with Crippen LogP contribution in [-0.4, -0.2) is 42.4 Å². The number of hydrogen-bond acceptors (Lipinski definition) is 5. The second kappa shape index (κ2) is 8.68. The zero-order valence-corrected chi connectivity index (χ0v) is 17.4. The average molecular weight is 448 g/mol. The van der Waals surface area contributed by atoms with E-state index < -0.39 is 30.1 Å². The number of pyridine rings is 1. The summed E-state index contributed by atoms with van der Waals surface area (Å²) >= 11 is 0. The number of urea groups is 1. The van der Waals surface area contributed by atoms with Crippen molar-refractivity contribution in [2.75, 3.05) is 22.9 Å². The Hall–Kier alpha value is -3.30. The zero-order chi connectivity index (χ0) is 22.9. The van der Waals surface area contributed by atoms with E-state index >= 15 is 0 Å². The maximum absolute atomic E-state index is 13.0. The fraction of sp³-hybridized carbons (Fsp3) is 0.409. The molecule has 3 heterocycles. The minimum atomic E-state index is -4.82. The van der Waals surface area contributed by atoms with E-state index in [1.165, 1.54) is 18.6 Å². The summed E-state index contributed by atoms with van der Waals surface area (Å²) in [6.07, 6.45) is 0.309. The number of piperidine rings is 1. The van der Waals surface area contributed by atoms with Crippen molar-refractivity contribution in [3.8, 4) is 5.75 Å². The molecule has 3 amide bonds. The summed E-state index contributed by atoms with van der Waals surface area (Å²) in [6.45, 7) is 3.72. The first kappa shape index (κ1) is 21.9. The first-order chi connectivity index (χ1) is 15.2. The number of nitrogens with zero attached hydrogens (tertiary/aromatic N) is 3. The third kappa shape index (κ3) is 4.63. The van der Waals surface area contributed by atoms with E-state index in [1.807, 2.05) is 19.1 Å². The van der Waals surface area contributed by atoms with Crippen LogP contribution >= 0.6 is 0 Å². The van der Waals surface area contributed by atoms with Gasteiger partial charge in [0, 0.05) is 25.2 Å². The largest absolute Gasteiger partial charge is 0.573 e. The molecular formula is C22H23F3N4O3. The van der Waals surface area contributed by atoms with Crippen LogP contribution in [-0.2, 0) is 4.79 Å². The molecule has 0 radical (unpaired) electrons. The standard InChI is InChI=1S/C22H23F3N4O3/c1-14(15-9-10-26-18(13-15)28-11-3-2-4-12-28)19-20(30)29(21(31)27-19)16-5-7-17(8-6-16)32-22(23,24)25/h5-10,13-14,19H,2-4,11-12H2,1H3,(H,27,31). The minimum Gasteiger partial charge on any atom is -0.406 e. The van der Waals surface area contributed by atoms with Crippen LogP contribution in [0.25, 0.3) is 0 Å². The molecule has 0 aliphatic carbocycles. The molecule has 2 atom stereocenters. The fourth-order valence-corrected chi connectivity index (χ4v) is 4.08. The molecule has 7 nitrogen and oxygen atoms in total. The summed E-state index contributed by atoms with van der Waals surface area (Å²) < 4.78 is 40.9. The zero-order valence-electron chi connectivity index (χ0n) is 17.4. The summed E-state index contributed by atoms with van der Waals surface area (Å²) in [7, 11) is 0. The molecule has 1 aromatic heterocycles. The van der Waals surface area contributed by atoms with Crippen LogP contribution in [0.3, 0.4) is 0 Å². The monoisotopic (exact) mass is 448 g/mol. The molecule has 2 aliphatic rings. The predicted molar refractivity (Wildman–Crippen MR) is 112 cm³/mol.